The van der Waals surface area contributed by atoms with Gasteiger partial charge in [-0.3, -0.25) is 43.2 Å². The molecular formula is C39H59N9O10S. The third-order valence-electron chi connectivity index (χ3n) is 10.1. The van der Waals surface area contributed by atoms with Gasteiger partial charge in [-0.2, -0.15) is 11.8 Å². The van der Waals surface area contributed by atoms with Crippen molar-refractivity contribution in [2.45, 2.75) is 115 Å². The third kappa shape index (κ3) is 15.4. The van der Waals surface area contributed by atoms with Crippen LogP contribution in [0.1, 0.15) is 78.2 Å². The van der Waals surface area contributed by atoms with Gasteiger partial charge in [0.05, 0.1) is 13.0 Å². The summed E-state index contributed by atoms with van der Waals surface area (Å²) < 4.78 is 0. The van der Waals surface area contributed by atoms with E-state index in [9.17, 15) is 48.3 Å². The summed E-state index contributed by atoms with van der Waals surface area (Å²) in [5.74, 6) is -6.51. The van der Waals surface area contributed by atoms with E-state index < -0.39 is 108 Å². The molecule has 1 aromatic rings. The van der Waals surface area contributed by atoms with E-state index in [0.717, 1.165) is 0 Å². The largest absolute Gasteiger partial charge is 0.508 e. The highest BCUT2D eigenvalue weighted by molar-refractivity contribution is 7.99. The molecule has 0 radical (unpaired) electrons. The van der Waals surface area contributed by atoms with Crippen LogP contribution >= 0.6 is 11.8 Å². The third-order valence-corrected chi connectivity index (χ3v) is 11.2. The van der Waals surface area contributed by atoms with Gasteiger partial charge in [-0.05, 0) is 61.0 Å². The van der Waals surface area contributed by atoms with Gasteiger partial charge >= 0.3 is 0 Å². The van der Waals surface area contributed by atoms with Gasteiger partial charge < -0.3 is 53.4 Å². The van der Waals surface area contributed by atoms with E-state index in [4.69, 9.17) is 11.5 Å². The zero-order chi connectivity index (χ0) is 43.8. The fourth-order valence-corrected chi connectivity index (χ4v) is 7.70. The lowest BCUT2D eigenvalue weighted by atomic mass is 9.96. The standard InChI is InChI=1S/C39H59N9O10S/c1-5-22(4)33-38(57)45-27(18-30(40)50)35(54)46-28(20-59-15-7-9-32(52)43-26(36(55)47-33)17-23-10-12-24(49)13-11-23)39(58)48-14-6-8-29(48)37(56)44-25(16-21(2)3)34(53)42-19-31(41)51/h10-13,21-22,25-29,33,49H,5-9,14-20H2,1-4H3,(H2,40,50)(H2,41,51)(H,42,53)(H,43,52)(H,44,56)(H,45,57)(H,46,54)(H,47,55)/t22-,25-,26-,27-,28-,29-,33-/m0/s1. The van der Waals surface area contributed by atoms with Gasteiger partial charge in [0.2, 0.25) is 53.2 Å². The predicted octanol–water partition coefficient (Wildman–Crippen LogP) is -1.55. The van der Waals surface area contributed by atoms with E-state index in [1.54, 1.807) is 26.0 Å². The average Bonchev–Trinajstić information content (AvgIpc) is 3.67. The molecular weight excluding hydrogens is 787 g/mol. The summed E-state index contributed by atoms with van der Waals surface area (Å²) in [5, 5.41) is 25.5. The number of aromatic hydroxyl groups is 1. The minimum atomic E-state index is -1.56. The molecule has 0 saturated carbocycles. The monoisotopic (exact) mass is 845 g/mol. The number of hydrogen-bond acceptors (Lipinski definition) is 11. The predicted molar refractivity (Wildman–Crippen MR) is 218 cm³/mol. The number of rotatable bonds is 14. The Balaban J connectivity index is 1.91. The summed E-state index contributed by atoms with van der Waals surface area (Å²) in [7, 11) is 0. The maximum absolute atomic E-state index is 14.3. The lowest BCUT2D eigenvalue weighted by Crippen LogP contribution is -2.61. The molecule has 2 saturated heterocycles. The molecule has 0 unspecified atom stereocenters. The van der Waals surface area contributed by atoms with E-state index in [-0.39, 0.29) is 49.6 Å². The first-order chi connectivity index (χ1) is 27.9. The van der Waals surface area contributed by atoms with Gasteiger partial charge in [0.15, 0.2) is 0 Å². The average molecular weight is 846 g/mol. The second-order valence-corrected chi connectivity index (χ2v) is 16.5. The van der Waals surface area contributed by atoms with Crippen molar-refractivity contribution in [2.75, 3.05) is 24.6 Å². The van der Waals surface area contributed by atoms with E-state index in [2.05, 4.69) is 31.9 Å². The number of phenols is 1. The number of carbonyl (C=O) groups is 9. The van der Waals surface area contributed by atoms with E-state index in [1.807, 2.05) is 13.8 Å². The second-order valence-electron chi connectivity index (χ2n) is 15.4. The van der Waals surface area contributed by atoms with Crippen molar-refractivity contribution in [3.63, 3.8) is 0 Å². The number of amides is 9. The molecule has 0 bridgehead atoms. The Morgan fingerprint density at radius 1 is 0.898 bits per heavy atom. The lowest BCUT2D eigenvalue weighted by Gasteiger charge is -2.31. The molecule has 0 spiro atoms. The Bertz CT molecular complexity index is 1690. The van der Waals surface area contributed by atoms with Crippen LogP contribution in [0.4, 0.5) is 0 Å². The Morgan fingerprint density at radius 2 is 1.58 bits per heavy atom. The number of nitrogens with zero attached hydrogens (tertiary/aromatic N) is 1. The lowest BCUT2D eigenvalue weighted by molar-refractivity contribution is -0.142. The quantitative estimate of drug-likeness (QED) is 0.103. The molecule has 326 valence electrons. The summed E-state index contributed by atoms with van der Waals surface area (Å²) in [6.45, 7) is 6.92. The zero-order valence-electron chi connectivity index (χ0n) is 34.0. The number of carbonyl (C=O) groups excluding carboxylic acids is 9. The minimum absolute atomic E-state index is 0.00618. The number of hydrogen-bond donors (Lipinski definition) is 9. The fourth-order valence-electron chi connectivity index (χ4n) is 6.73. The molecule has 11 N–H and O–H groups in total. The minimum Gasteiger partial charge on any atom is -0.508 e. The molecule has 3 rings (SSSR count). The molecule has 2 fully saturated rings. The number of phenolic OH excluding ortho intramolecular Hbond substituents is 1. The molecule has 9 amide bonds. The van der Waals surface area contributed by atoms with Gasteiger partial charge in [-0.1, -0.05) is 46.2 Å². The first kappa shape index (κ1) is 48.0. The Labute approximate surface area is 348 Å². The number of benzene rings is 1. The SMILES string of the molecule is CC[C@H](C)[C@@H]1NC(=O)[C@H](Cc2ccc(O)cc2)NC(=O)CCCSC[C@@H](C(=O)N2CCC[C@H]2C(=O)N[C@@H](CC(C)C)C(=O)NCC(N)=O)NC(=O)[C@H](CC(N)=O)NC1=O. The summed E-state index contributed by atoms with van der Waals surface area (Å²) in [6.07, 6.45) is 1.06. The Kier molecular flexibility index (Phi) is 18.9. The molecule has 1 aromatic carbocycles. The van der Waals surface area contributed by atoms with E-state index >= 15 is 0 Å². The first-order valence-electron chi connectivity index (χ1n) is 19.9. The van der Waals surface area contributed by atoms with Gasteiger partial charge in [0.1, 0.15) is 42.0 Å². The van der Waals surface area contributed by atoms with Crippen LogP contribution in [0, 0.1) is 11.8 Å². The van der Waals surface area contributed by atoms with Crippen molar-refractivity contribution >= 4 is 64.9 Å². The van der Waals surface area contributed by atoms with Crippen molar-refractivity contribution < 1.29 is 48.3 Å². The van der Waals surface area contributed by atoms with Gasteiger partial charge in [-0.25, -0.2) is 0 Å². The molecule has 7 atom stereocenters. The summed E-state index contributed by atoms with van der Waals surface area (Å²) in [4.78, 5) is 120. The molecule has 2 aliphatic rings. The van der Waals surface area contributed by atoms with Crippen molar-refractivity contribution in [2.24, 2.45) is 23.3 Å². The zero-order valence-corrected chi connectivity index (χ0v) is 34.9. The van der Waals surface area contributed by atoms with Crippen LogP contribution in [0.2, 0.25) is 0 Å². The number of primary amides is 2. The highest BCUT2D eigenvalue weighted by Crippen LogP contribution is 2.22. The Hall–Kier alpha value is -5.40. The molecule has 0 aromatic heterocycles. The molecule has 19 nitrogen and oxygen atoms in total. The van der Waals surface area contributed by atoms with Crippen molar-refractivity contribution in [1.29, 1.82) is 0 Å². The van der Waals surface area contributed by atoms with Crippen LogP contribution < -0.4 is 43.4 Å². The van der Waals surface area contributed by atoms with Crippen LogP contribution in [0.5, 0.6) is 5.75 Å². The summed E-state index contributed by atoms with van der Waals surface area (Å²) in [6, 6.07) is -1.09. The number of likely N-dealkylation sites (tertiary alicyclic amines) is 1. The van der Waals surface area contributed by atoms with Gasteiger partial charge in [-0.15, -0.1) is 0 Å². The van der Waals surface area contributed by atoms with Crippen molar-refractivity contribution in [1.82, 2.24) is 36.8 Å². The molecule has 59 heavy (non-hydrogen) atoms. The number of nitrogens with two attached hydrogens (primary N) is 2. The fraction of sp³-hybridized carbons (Fsp3) is 0.615. The van der Waals surface area contributed by atoms with Gasteiger partial charge in [0.25, 0.3) is 0 Å². The van der Waals surface area contributed by atoms with Crippen LogP contribution in [-0.4, -0.2) is 124 Å². The maximum Gasteiger partial charge on any atom is 0.246 e. The summed E-state index contributed by atoms with van der Waals surface area (Å²) >= 11 is 1.24. The van der Waals surface area contributed by atoms with E-state index in [1.165, 1.54) is 28.8 Å². The molecule has 0 aliphatic carbocycles. The van der Waals surface area contributed by atoms with Crippen LogP contribution in [-0.2, 0) is 49.6 Å². The topological polar surface area (TPSA) is 301 Å². The van der Waals surface area contributed by atoms with Crippen LogP contribution in [0.3, 0.4) is 0 Å². The van der Waals surface area contributed by atoms with Crippen LogP contribution in [0.25, 0.3) is 0 Å². The smallest absolute Gasteiger partial charge is 0.246 e. The van der Waals surface area contributed by atoms with Gasteiger partial charge in [0, 0.05) is 25.1 Å². The first-order valence-corrected chi connectivity index (χ1v) is 21.1. The molecule has 2 heterocycles. The molecule has 20 heteroatoms. The van der Waals surface area contributed by atoms with E-state index in [0.29, 0.717) is 30.6 Å². The number of nitrogens with one attached hydrogen (secondary N) is 6. The number of thioether (sulfide) groups is 1. The van der Waals surface area contributed by atoms with Crippen molar-refractivity contribution in [3.05, 3.63) is 29.8 Å². The highest BCUT2D eigenvalue weighted by atomic mass is 32.2. The molecule has 2 aliphatic heterocycles. The van der Waals surface area contributed by atoms with Crippen LogP contribution in [0.15, 0.2) is 24.3 Å². The summed E-state index contributed by atoms with van der Waals surface area (Å²) in [5.41, 5.74) is 11.3. The maximum atomic E-state index is 14.3. The normalized spacial score (nSPS) is 23.4. The Morgan fingerprint density at radius 3 is 2.20 bits per heavy atom. The highest BCUT2D eigenvalue weighted by Gasteiger charge is 2.40. The second kappa shape index (κ2) is 23.3. The van der Waals surface area contributed by atoms with Crippen molar-refractivity contribution in [3.8, 4) is 5.75 Å².